The molecule has 1 saturated carbocycles. The molecule has 0 bridgehead atoms. The molecule has 1 saturated heterocycles. The SMILES string of the molecule is Cc1c(F)cc(C(=O)NC2CC2)cc1-c1ccc(C(=O)NCCN2CCCC2)cc1C(=O)Nc1nccs1. The molecule has 198 valence electrons. The second-order valence-corrected chi connectivity index (χ2v) is 10.6. The van der Waals surface area contributed by atoms with E-state index < -0.39 is 11.7 Å². The van der Waals surface area contributed by atoms with Crippen molar-refractivity contribution in [2.24, 2.45) is 0 Å². The smallest absolute Gasteiger partial charge is 0.258 e. The van der Waals surface area contributed by atoms with Crippen LogP contribution in [0.1, 0.15) is 62.3 Å². The largest absolute Gasteiger partial charge is 0.351 e. The lowest BCUT2D eigenvalue weighted by Gasteiger charge is -2.17. The molecule has 0 radical (unpaired) electrons. The van der Waals surface area contributed by atoms with Crippen molar-refractivity contribution < 1.29 is 18.8 Å². The lowest BCUT2D eigenvalue weighted by molar-refractivity contribution is 0.0942. The summed E-state index contributed by atoms with van der Waals surface area (Å²) >= 11 is 1.26. The van der Waals surface area contributed by atoms with E-state index in [4.69, 9.17) is 0 Å². The van der Waals surface area contributed by atoms with Crippen molar-refractivity contribution in [2.75, 3.05) is 31.5 Å². The number of anilines is 1. The zero-order chi connectivity index (χ0) is 26.6. The topological polar surface area (TPSA) is 103 Å². The second-order valence-electron chi connectivity index (χ2n) is 9.73. The third-order valence-corrected chi connectivity index (χ3v) is 7.59. The van der Waals surface area contributed by atoms with E-state index >= 15 is 0 Å². The third kappa shape index (κ3) is 6.08. The number of amides is 3. The van der Waals surface area contributed by atoms with Gasteiger partial charge in [-0.1, -0.05) is 6.07 Å². The summed E-state index contributed by atoms with van der Waals surface area (Å²) < 4.78 is 15.0. The van der Waals surface area contributed by atoms with E-state index in [1.165, 1.54) is 36.3 Å². The number of hydrogen-bond acceptors (Lipinski definition) is 6. The number of likely N-dealkylation sites (tertiary alicyclic amines) is 1. The second kappa shape index (κ2) is 11.4. The highest BCUT2D eigenvalue weighted by Gasteiger charge is 2.26. The van der Waals surface area contributed by atoms with Crippen LogP contribution >= 0.6 is 11.3 Å². The summed E-state index contributed by atoms with van der Waals surface area (Å²) in [6.07, 6.45) is 5.75. The molecule has 2 heterocycles. The zero-order valence-corrected chi connectivity index (χ0v) is 22.0. The quantitative estimate of drug-likeness (QED) is 0.381. The fourth-order valence-corrected chi connectivity index (χ4v) is 5.10. The molecule has 1 aliphatic carbocycles. The summed E-state index contributed by atoms with van der Waals surface area (Å²) in [7, 11) is 0. The van der Waals surface area contributed by atoms with Gasteiger partial charge < -0.3 is 15.5 Å². The molecule has 0 atom stereocenters. The van der Waals surface area contributed by atoms with Gasteiger partial charge in [0.2, 0.25) is 0 Å². The van der Waals surface area contributed by atoms with E-state index in [9.17, 15) is 18.8 Å². The first kappa shape index (κ1) is 26.0. The van der Waals surface area contributed by atoms with Crippen LogP contribution in [0.25, 0.3) is 11.1 Å². The van der Waals surface area contributed by atoms with Crippen molar-refractivity contribution in [1.82, 2.24) is 20.5 Å². The monoisotopic (exact) mass is 535 g/mol. The summed E-state index contributed by atoms with van der Waals surface area (Å²) in [6.45, 7) is 4.96. The minimum atomic E-state index is -0.543. The Morgan fingerprint density at radius 1 is 1.03 bits per heavy atom. The highest BCUT2D eigenvalue weighted by atomic mass is 32.1. The van der Waals surface area contributed by atoms with Crippen LogP contribution in [0, 0.1) is 12.7 Å². The summed E-state index contributed by atoms with van der Waals surface area (Å²) in [5.74, 6) is -1.66. The molecule has 10 heteroatoms. The Kier molecular flexibility index (Phi) is 7.80. The first-order valence-electron chi connectivity index (χ1n) is 12.9. The molecule has 3 amide bonds. The number of thiazole rings is 1. The van der Waals surface area contributed by atoms with Crippen molar-refractivity contribution in [3.05, 3.63) is 70.0 Å². The van der Waals surface area contributed by atoms with E-state index in [1.54, 1.807) is 36.7 Å². The van der Waals surface area contributed by atoms with Gasteiger partial charge in [0.25, 0.3) is 17.7 Å². The molecular formula is C28H30FN5O3S. The van der Waals surface area contributed by atoms with Crippen molar-refractivity contribution in [2.45, 2.75) is 38.6 Å². The maximum atomic E-state index is 15.0. The Morgan fingerprint density at radius 3 is 2.53 bits per heavy atom. The molecule has 2 aromatic carbocycles. The van der Waals surface area contributed by atoms with Crippen LogP contribution in [0.4, 0.5) is 9.52 Å². The minimum absolute atomic E-state index is 0.123. The number of aromatic nitrogens is 1. The fourth-order valence-electron chi connectivity index (χ4n) is 4.58. The van der Waals surface area contributed by atoms with Crippen LogP contribution in [-0.2, 0) is 0 Å². The summed E-state index contributed by atoms with van der Waals surface area (Å²) in [5.41, 5.74) is 1.83. The Morgan fingerprint density at radius 2 is 1.82 bits per heavy atom. The van der Waals surface area contributed by atoms with Crippen LogP contribution in [0.5, 0.6) is 0 Å². The highest BCUT2D eigenvalue weighted by Crippen LogP contribution is 2.32. The lowest BCUT2D eigenvalue weighted by atomic mass is 9.92. The fraction of sp³-hybridized carbons (Fsp3) is 0.357. The van der Waals surface area contributed by atoms with Gasteiger partial charge in [-0.25, -0.2) is 9.37 Å². The van der Waals surface area contributed by atoms with Gasteiger partial charge >= 0.3 is 0 Å². The molecule has 5 rings (SSSR count). The lowest BCUT2D eigenvalue weighted by Crippen LogP contribution is -2.33. The number of halogens is 1. The predicted molar refractivity (Wildman–Crippen MR) is 145 cm³/mol. The summed E-state index contributed by atoms with van der Waals surface area (Å²) in [4.78, 5) is 45.4. The Bertz CT molecular complexity index is 1350. The molecule has 8 nitrogen and oxygen atoms in total. The van der Waals surface area contributed by atoms with Crippen LogP contribution < -0.4 is 16.0 Å². The van der Waals surface area contributed by atoms with Gasteiger partial charge in [-0.3, -0.25) is 19.7 Å². The standard InChI is InChI=1S/C28H30FN5O3S/c1-17-22(15-19(16-24(17)29)26(36)32-20-5-6-20)21-7-4-18(25(35)30-8-12-34-10-2-3-11-34)14-23(21)27(37)33-28-31-9-13-38-28/h4,7,9,13-16,20H,2-3,5-6,8,10-12H2,1H3,(H,30,35)(H,32,36)(H,31,33,37). The molecule has 0 spiro atoms. The summed E-state index contributed by atoms with van der Waals surface area (Å²) in [6, 6.07) is 7.71. The van der Waals surface area contributed by atoms with E-state index in [1.807, 2.05) is 0 Å². The van der Waals surface area contributed by atoms with Crippen LogP contribution in [-0.4, -0.2) is 59.8 Å². The average molecular weight is 536 g/mol. The van der Waals surface area contributed by atoms with Gasteiger partial charge in [-0.2, -0.15) is 0 Å². The van der Waals surface area contributed by atoms with Gasteiger partial charge in [-0.05, 0) is 86.7 Å². The van der Waals surface area contributed by atoms with Crippen molar-refractivity contribution in [3.8, 4) is 11.1 Å². The first-order valence-corrected chi connectivity index (χ1v) is 13.7. The number of carbonyl (C=O) groups is 3. The minimum Gasteiger partial charge on any atom is -0.351 e. The van der Waals surface area contributed by atoms with Gasteiger partial charge in [-0.15, -0.1) is 11.3 Å². The molecule has 38 heavy (non-hydrogen) atoms. The van der Waals surface area contributed by atoms with E-state index in [0.717, 1.165) is 32.5 Å². The number of nitrogens with zero attached hydrogens (tertiary/aromatic N) is 2. The number of rotatable bonds is 9. The molecule has 1 aliphatic heterocycles. The van der Waals surface area contributed by atoms with Crippen molar-refractivity contribution in [3.63, 3.8) is 0 Å². The normalized spacial score (nSPS) is 15.3. The molecule has 2 aliphatic rings. The maximum Gasteiger partial charge on any atom is 0.258 e. The molecular weight excluding hydrogens is 505 g/mol. The summed E-state index contributed by atoms with van der Waals surface area (Å²) in [5, 5.41) is 10.7. The van der Waals surface area contributed by atoms with Gasteiger partial charge in [0, 0.05) is 47.4 Å². The van der Waals surface area contributed by atoms with Crippen LogP contribution in [0.2, 0.25) is 0 Å². The third-order valence-electron chi connectivity index (χ3n) is 6.90. The number of nitrogens with one attached hydrogen (secondary N) is 3. The van der Waals surface area contributed by atoms with E-state index in [-0.39, 0.29) is 29.0 Å². The van der Waals surface area contributed by atoms with E-state index in [2.05, 4.69) is 25.8 Å². The predicted octanol–water partition coefficient (Wildman–Crippen LogP) is 4.23. The molecule has 2 fully saturated rings. The number of hydrogen-bond donors (Lipinski definition) is 3. The first-order chi connectivity index (χ1) is 18.4. The molecule has 3 aromatic rings. The van der Waals surface area contributed by atoms with Gasteiger partial charge in [0.15, 0.2) is 5.13 Å². The number of carbonyl (C=O) groups excluding carboxylic acids is 3. The molecule has 3 N–H and O–H groups in total. The number of benzene rings is 2. The molecule has 0 unspecified atom stereocenters. The van der Waals surface area contributed by atoms with Crippen molar-refractivity contribution in [1.29, 1.82) is 0 Å². The maximum absolute atomic E-state index is 15.0. The van der Waals surface area contributed by atoms with Crippen LogP contribution in [0.3, 0.4) is 0 Å². The van der Waals surface area contributed by atoms with Crippen molar-refractivity contribution >= 4 is 34.2 Å². The molecule has 1 aromatic heterocycles. The Balaban J connectivity index is 1.46. The van der Waals surface area contributed by atoms with Gasteiger partial charge in [0.05, 0.1) is 0 Å². The Hall–Kier alpha value is -3.63. The van der Waals surface area contributed by atoms with E-state index in [0.29, 0.717) is 33.9 Å². The van der Waals surface area contributed by atoms with Gasteiger partial charge in [0.1, 0.15) is 5.82 Å². The van der Waals surface area contributed by atoms with Crippen LogP contribution in [0.15, 0.2) is 41.9 Å². The highest BCUT2D eigenvalue weighted by molar-refractivity contribution is 7.13. The zero-order valence-electron chi connectivity index (χ0n) is 21.2. The average Bonchev–Trinajstić information content (AvgIpc) is 3.32. The Labute approximate surface area is 224 Å².